The second-order valence-electron chi connectivity index (χ2n) is 7.49. The third-order valence-electron chi connectivity index (χ3n) is 3.87. The van der Waals surface area contributed by atoms with Gasteiger partial charge in [-0.05, 0) is 54.0 Å². The summed E-state index contributed by atoms with van der Waals surface area (Å²) in [5, 5.41) is 11.0. The fraction of sp³-hybridized carbons (Fsp3) is 0.737. The van der Waals surface area contributed by atoms with E-state index in [1.54, 1.807) is 11.9 Å². The van der Waals surface area contributed by atoms with E-state index in [2.05, 4.69) is 33.7 Å². The number of hydrogen-bond acceptors (Lipinski definition) is 4. The zero-order valence-electron chi connectivity index (χ0n) is 17.9. The Labute approximate surface area is 163 Å². The molecule has 1 heterocycles. The maximum Gasteiger partial charge on any atom is 0.410 e. The second-order valence-corrected chi connectivity index (χ2v) is 7.49. The average molecular weight is 381 g/mol. The van der Waals surface area contributed by atoms with Crippen LogP contribution in [0.4, 0.5) is 4.79 Å². The molecule has 0 saturated heterocycles. The molecule has 0 spiro atoms. The van der Waals surface area contributed by atoms with E-state index in [0.29, 0.717) is 19.6 Å². The van der Waals surface area contributed by atoms with Gasteiger partial charge in [-0.2, -0.15) is 5.10 Å². The van der Waals surface area contributed by atoms with E-state index in [1.807, 2.05) is 39.3 Å². The predicted octanol–water partition coefficient (Wildman–Crippen LogP) is 2.31. The number of likely N-dealkylation sites (N-methyl/N-ethyl adjacent to an activating group) is 1. The highest BCUT2D eigenvalue weighted by Crippen LogP contribution is 2.09. The first-order chi connectivity index (χ1) is 12.7. The number of rotatable bonds is 8. The van der Waals surface area contributed by atoms with Crippen LogP contribution in [0.3, 0.4) is 0 Å². The summed E-state index contributed by atoms with van der Waals surface area (Å²) in [6.07, 6.45) is 0.654. The van der Waals surface area contributed by atoms with Crippen molar-refractivity contribution in [2.45, 2.75) is 60.1 Å². The van der Waals surface area contributed by atoms with Crippen molar-refractivity contribution in [3.63, 3.8) is 0 Å². The molecule has 0 aliphatic carbocycles. The van der Waals surface area contributed by atoms with Crippen LogP contribution in [0.15, 0.2) is 11.1 Å². The molecule has 0 saturated carbocycles. The van der Waals surface area contributed by atoms with Gasteiger partial charge in [-0.15, -0.1) is 0 Å². The van der Waals surface area contributed by atoms with Crippen LogP contribution in [0.25, 0.3) is 0 Å². The molecule has 154 valence electrons. The molecule has 0 aliphatic rings. The summed E-state index contributed by atoms with van der Waals surface area (Å²) < 4.78 is 7.43. The van der Waals surface area contributed by atoms with Gasteiger partial charge >= 0.3 is 6.09 Å². The molecule has 0 atom stereocenters. The molecular weight excluding hydrogens is 344 g/mol. The van der Waals surface area contributed by atoms with E-state index in [4.69, 9.17) is 4.74 Å². The number of amides is 1. The fourth-order valence-electron chi connectivity index (χ4n) is 2.57. The molecule has 1 aromatic rings. The van der Waals surface area contributed by atoms with E-state index < -0.39 is 5.60 Å². The summed E-state index contributed by atoms with van der Waals surface area (Å²) in [4.78, 5) is 18.0. The van der Waals surface area contributed by atoms with Crippen molar-refractivity contribution in [3.8, 4) is 0 Å². The Morgan fingerprint density at radius 2 is 1.96 bits per heavy atom. The molecule has 1 rings (SSSR count). The number of carbonyl (C=O) groups excluding carboxylic acids is 1. The van der Waals surface area contributed by atoms with Crippen molar-refractivity contribution >= 4 is 12.1 Å². The summed E-state index contributed by atoms with van der Waals surface area (Å²) in [7, 11) is 1.74. The molecule has 0 aliphatic heterocycles. The Balaban J connectivity index is 2.30. The van der Waals surface area contributed by atoms with Crippen molar-refractivity contribution in [1.29, 1.82) is 0 Å². The van der Waals surface area contributed by atoms with E-state index >= 15 is 0 Å². The molecule has 0 bridgehead atoms. The maximum atomic E-state index is 12.1. The molecular formula is C19H36N6O2. The molecule has 8 heteroatoms. The van der Waals surface area contributed by atoms with Gasteiger partial charge in [-0.3, -0.25) is 9.67 Å². The first-order valence-corrected chi connectivity index (χ1v) is 9.59. The van der Waals surface area contributed by atoms with Crippen LogP contribution in [0.5, 0.6) is 0 Å². The van der Waals surface area contributed by atoms with Crippen molar-refractivity contribution in [3.05, 3.63) is 17.5 Å². The largest absolute Gasteiger partial charge is 0.444 e. The molecule has 0 unspecified atom stereocenters. The van der Waals surface area contributed by atoms with Gasteiger partial charge in [0.15, 0.2) is 5.96 Å². The third-order valence-corrected chi connectivity index (χ3v) is 3.87. The number of ether oxygens (including phenoxy) is 1. The number of aromatic nitrogens is 2. The Hall–Kier alpha value is -2.25. The van der Waals surface area contributed by atoms with E-state index in [9.17, 15) is 4.79 Å². The van der Waals surface area contributed by atoms with Gasteiger partial charge in [-0.25, -0.2) is 4.79 Å². The normalized spacial score (nSPS) is 12.0. The first-order valence-electron chi connectivity index (χ1n) is 9.59. The quantitative estimate of drug-likeness (QED) is 0.411. The number of nitrogens with zero attached hydrogens (tertiary/aromatic N) is 4. The summed E-state index contributed by atoms with van der Waals surface area (Å²) in [5.41, 5.74) is 1.74. The topological polar surface area (TPSA) is 83.8 Å². The highest BCUT2D eigenvalue weighted by molar-refractivity contribution is 5.79. The summed E-state index contributed by atoms with van der Waals surface area (Å²) >= 11 is 0. The number of aliphatic imine (C=N–C) groups is 1. The molecule has 0 aromatic carbocycles. The Morgan fingerprint density at radius 1 is 1.30 bits per heavy atom. The van der Waals surface area contributed by atoms with Crippen molar-refractivity contribution in [2.75, 3.05) is 33.2 Å². The van der Waals surface area contributed by atoms with E-state index in [0.717, 1.165) is 31.2 Å². The SMILES string of the molecule is CCN(CCNC(=NC)NCCCn1nc(C)cc1C)C(=O)OC(C)(C)C. The first kappa shape index (κ1) is 22.8. The van der Waals surface area contributed by atoms with Gasteiger partial charge in [0.2, 0.25) is 0 Å². The zero-order chi connectivity index (χ0) is 20.4. The fourth-order valence-corrected chi connectivity index (χ4v) is 2.57. The van der Waals surface area contributed by atoms with Gasteiger partial charge in [0.05, 0.1) is 5.69 Å². The molecule has 8 nitrogen and oxygen atoms in total. The molecule has 27 heavy (non-hydrogen) atoms. The van der Waals surface area contributed by atoms with Gasteiger partial charge < -0.3 is 20.3 Å². The number of guanidine groups is 1. The smallest absolute Gasteiger partial charge is 0.410 e. The molecule has 1 amide bonds. The van der Waals surface area contributed by atoms with Gasteiger partial charge in [0.1, 0.15) is 5.60 Å². The molecule has 2 N–H and O–H groups in total. The van der Waals surface area contributed by atoms with Crippen LogP contribution in [-0.4, -0.2) is 65.6 Å². The minimum Gasteiger partial charge on any atom is -0.444 e. The summed E-state index contributed by atoms with van der Waals surface area (Å²) in [5.74, 6) is 0.726. The minimum atomic E-state index is -0.485. The second kappa shape index (κ2) is 10.8. The van der Waals surface area contributed by atoms with Crippen molar-refractivity contribution in [2.24, 2.45) is 4.99 Å². The van der Waals surface area contributed by atoms with Crippen LogP contribution < -0.4 is 10.6 Å². The lowest BCUT2D eigenvalue weighted by atomic mass is 10.2. The van der Waals surface area contributed by atoms with Crippen LogP contribution >= 0.6 is 0 Å². The van der Waals surface area contributed by atoms with Gasteiger partial charge in [0.25, 0.3) is 0 Å². The monoisotopic (exact) mass is 380 g/mol. The Morgan fingerprint density at radius 3 is 2.48 bits per heavy atom. The third kappa shape index (κ3) is 8.79. The number of hydrogen-bond donors (Lipinski definition) is 2. The molecule has 1 aromatic heterocycles. The lowest BCUT2D eigenvalue weighted by molar-refractivity contribution is 0.0264. The van der Waals surface area contributed by atoms with Gasteiger partial charge in [-0.1, -0.05) is 0 Å². The standard InChI is InChI=1S/C19H36N6O2/c1-8-24(18(26)27-19(4,5)6)13-11-22-17(20-7)21-10-9-12-25-16(3)14-15(2)23-25/h14H,8-13H2,1-7H3,(H2,20,21,22). The van der Waals surface area contributed by atoms with E-state index in [-0.39, 0.29) is 6.09 Å². The predicted molar refractivity (Wildman–Crippen MR) is 109 cm³/mol. The number of aryl methyl sites for hydroxylation is 3. The minimum absolute atomic E-state index is 0.292. The zero-order valence-corrected chi connectivity index (χ0v) is 17.9. The number of nitrogens with one attached hydrogen (secondary N) is 2. The molecule has 0 fully saturated rings. The lowest BCUT2D eigenvalue weighted by Crippen LogP contribution is -2.44. The van der Waals surface area contributed by atoms with Crippen LogP contribution in [0.1, 0.15) is 45.5 Å². The lowest BCUT2D eigenvalue weighted by Gasteiger charge is -2.26. The van der Waals surface area contributed by atoms with Crippen molar-refractivity contribution < 1.29 is 9.53 Å². The Kier molecular flexibility index (Phi) is 9.11. The average Bonchev–Trinajstić information content (AvgIpc) is 2.89. The van der Waals surface area contributed by atoms with E-state index in [1.165, 1.54) is 5.69 Å². The summed E-state index contributed by atoms with van der Waals surface area (Å²) in [6.45, 7) is 15.0. The maximum absolute atomic E-state index is 12.1. The van der Waals surface area contributed by atoms with Crippen LogP contribution in [-0.2, 0) is 11.3 Å². The number of carbonyl (C=O) groups is 1. The highest BCUT2D eigenvalue weighted by atomic mass is 16.6. The summed E-state index contributed by atoms with van der Waals surface area (Å²) in [6, 6.07) is 2.08. The Bertz CT molecular complexity index is 618. The van der Waals surface area contributed by atoms with Crippen LogP contribution in [0.2, 0.25) is 0 Å². The van der Waals surface area contributed by atoms with Gasteiger partial charge in [0, 0.05) is 45.5 Å². The molecule has 0 radical (unpaired) electrons. The van der Waals surface area contributed by atoms with Crippen LogP contribution in [0, 0.1) is 13.8 Å². The van der Waals surface area contributed by atoms with Crippen molar-refractivity contribution in [1.82, 2.24) is 25.3 Å². The highest BCUT2D eigenvalue weighted by Gasteiger charge is 2.20.